The van der Waals surface area contributed by atoms with E-state index >= 15 is 0 Å². The molecular formula is C17H13ClN4O2S. The lowest BCUT2D eigenvalue weighted by Crippen LogP contribution is -2.42. The van der Waals surface area contributed by atoms with Crippen molar-refractivity contribution >= 4 is 34.8 Å². The Hall–Kier alpha value is -2.77. The van der Waals surface area contributed by atoms with Gasteiger partial charge < -0.3 is 0 Å². The van der Waals surface area contributed by atoms with Gasteiger partial charge >= 0.3 is 0 Å². The molecule has 0 atom stereocenters. The Morgan fingerprint density at radius 3 is 2.72 bits per heavy atom. The topological polar surface area (TPSA) is 84.0 Å². The fraction of sp³-hybridized carbons (Fsp3) is 0.0588. The molecule has 0 unspecified atom stereocenters. The van der Waals surface area contributed by atoms with Crippen molar-refractivity contribution < 1.29 is 9.59 Å². The number of thiazole rings is 1. The summed E-state index contributed by atoms with van der Waals surface area (Å²) in [5.74, 6) is -0.850. The third-order valence-corrected chi connectivity index (χ3v) is 4.51. The second kappa shape index (κ2) is 7.87. The lowest BCUT2D eigenvalue weighted by atomic mass is 10.2. The molecule has 0 spiro atoms. The van der Waals surface area contributed by atoms with Crippen molar-refractivity contribution in [2.24, 2.45) is 0 Å². The summed E-state index contributed by atoms with van der Waals surface area (Å²) in [6, 6.07) is 10.3. The SMILES string of the molecule is O=C(Cc1csc(-c2cccnc2)n1)NNC(=O)c1ccccc1Cl. The normalized spacial score (nSPS) is 10.3. The first kappa shape index (κ1) is 17.1. The first-order valence-electron chi connectivity index (χ1n) is 7.32. The van der Waals surface area contributed by atoms with Crippen LogP contribution in [0.1, 0.15) is 16.1 Å². The van der Waals surface area contributed by atoms with Gasteiger partial charge in [-0.25, -0.2) is 4.98 Å². The summed E-state index contributed by atoms with van der Waals surface area (Å²) in [4.78, 5) is 32.4. The molecule has 25 heavy (non-hydrogen) atoms. The standard InChI is InChI=1S/C17H13ClN4O2S/c18-14-6-2-1-5-13(14)16(24)22-21-15(23)8-12-10-25-17(20-12)11-4-3-7-19-9-11/h1-7,9-10H,8H2,(H,21,23)(H,22,24). The number of rotatable bonds is 4. The van der Waals surface area contributed by atoms with E-state index in [4.69, 9.17) is 11.6 Å². The van der Waals surface area contributed by atoms with Gasteiger partial charge in [0.1, 0.15) is 5.01 Å². The molecule has 0 saturated carbocycles. The van der Waals surface area contributed by atoms with Gasteiger partial charge in [-0.1, -0.05) is 23.7 Å². The van der Waals surface area contributed by atoms with Gasteiger partial charge in [-0.05, 0) is 24.3 Å². The summed E-state index contributed by atoms with van der Waals surface area (Å²) in [5.41, 5.74) is 6.50. The molecule has 0 aliphatic rings. The lowest BCUT2D eigenvalue weighted by Gasteiger charge is -2.07. The molecule has 3 rings (SSSR count). The zero-order chi connectivity index (χ0) is 17.6. The van der Waals surface area contributed by atoms with Crippen LogP contribution < -0.4 is 10.9 Å². The highest BCUT2D eigenvalue weighted by molar-refractivity contribution is 7.13. The van der Waals surface area contributed by atoms with Crippen LogP contribution in [0.4, 0.5) is 0 Å². The van der Waals surface area contributed by atoms with E-state index in [0.717, 1.165) is 10.6 Å². The van der Waals surface area contributed by atoms with Crippen LogP contribution in [0.3, 0.4) is 0 Å². The number of nitrogens with one attached hydrogen (secondary N) is 2. The van der Waals surface area contributed by atoms with Crippen molar-refractivity contribution in [1.82, 2.24) is 20.8 Å². The molecule has 2 heterocycles. The minimum atomic E-state index is -0.478. The predicted molar refractivity (Wildman–Crippen MR) is 96.1 cm³/mol. The minimum absolute atomic E-state index is 0.0551. The summed E-state index contributed by atoms with van der Waals surface area (Å²) >= 11 is 7.37. The second-order valence-electron chi connectivity index (χ2n) is 5.04. The Balaban J connectivity index is 1.56. The van der Waals surface area contributed by atoms with E-state index in [-0.39, 0.29) is 17.9 Å². The molecular weight excluding hydrogens is 360 g/mol. The van der Waals surface area contributed by atoms with E-state index in [1.807, 2.05) is 12.1 Å². The maximum absolute atomic E-state index is 12.0. The Kier molecular flexibility index (Phi) is 5.37. The first-order valence-corrected chi connectivity index (χ1v) is 8.58. The summed E-state index contributed by atoms with van der Waals surface area (Å²) in [7, 11) is 0. The number of benzene rings is 1. The number of carbonyl (C=O) groups is 2. The molecule has 2 amide bonds. The number of hydrogen-bond acceptors (Lipinski definition) is 5. The first-order chi connectivity index (χ1) is 12.1. The third kappa shape index (κ3) is 4.40. The summed E-state index contributed by atoms with van der Waals surface area (Å²) in [6.45, 7) is 0. The van der Waals surface area contributed by atoms with Crippen LogP contribution in [-0.4, -0.2) is 21.8 Å². The van der Waals surface area contributed by atoms with E-state index < -0.39 is 5.91 Å². The third-order valence-electron chi connectivity index (χ3n) is 3.24. The molecule has 0 fully saturated rings. The highest BCUT2D eigenvalue weighted by atomic mass is 35.5. The fourth-order valence-corrected chi connectivity index (χ4v) is 3.09. The smallest absolute Gasteiger partial charge is 0.271 e. The van der Waals surface area contributed by atoms with E-state index in [0.29, 0.717) is 10.7 Å². The number of nitrogens with zero attached hydrogens (tertiary/aromatic N) is 2. The molecule has 3 aromatic rings. The molecule has 0 radical (unpaired) electrons. The van der Waals surface area contributed by atoms with Crippen molar-refractivity contribution in [1.29, 1.82) is 0 Å². The van der Waals surface area contributed by atoms with Crippen molar-refractivity contribution in [3.05, 3.63) is 70.5 Å². The highest BCUT2D eigenvalue weighted by Crippen LogP contribution is 2.22. The van der Waals surface area contributed by atoms with Crippen LogP contribution in [0.2, 0.25) is 5.02 Å². The quantitative estimate of drug-likeness (QED) is 0.690. The molecule has 2 aromatic heterocycles. The van der Waals surface area contributed by atoms with Crippen molar-refractivity contribution in [3.63, 3.8) is 0 Å². The number of hydrogen-bond donors (Lipinski definition) is 2. The minimum Gasteiger partial charge on any atom is -0.273 e. The van der Waals surface area contributed by atoms with Gasteiger partial charge in [0.25, 0.3) is 5.91 Å². The molecule has 1 aromatic carbocycles. The van der Waals surface area contributed by atoms with E-state index in [9.17, 15) is 9.59 Å². The monoisotopic (exact) mass is 372 g/mol. The summed E-state index contributed by atoms with van der Waals surface area (Å²) < 4.78 is 0. The van der Waals surface area contributed by atoms with E-state index in [1.165, 1.54) is 11.3 Å². The molecule has 0 bridgehead atoms. The van der Waals surface area contributed by atoms with Crippen LogP contribution in [0.5, 0.6) is 0 Å². The summed E-state index contributed by atoms with van der Waals surface area (Å²) in [5, 5.41) is 2.91. The summed E-state index contributed by atoms with van der Waals surface area (Å²) in [6.07, 6.45) is 3.46. The van der Waals surface area contributed by atoms with Gasteiger partial charge in [-0.2, -0.15) is 0 Å². The van der Waals surface area contributed by atoms with Crippen LogP contribution in [0, 0.1) is 0 Å². The van der Waals surface area contributed by atoms with Crippen LogP contribution in [-0.2, 0) is 11.2 Å². The van der Waals surface area contributed by atoms with E-state index in [1.54, 1.807) is 42.0 Å². The second-order valence-corrected chi connectivity index (χ2v) is 6.31. The Morgan fingerprint density at radius 2 is 1.96 bits per heavy atom. The largest absolute Gasteiger partial charge is 0.273 e. The molecule has 8 heteroatoms. The number of halogens is 1. The number of aromatic nitrogens is 2. The van der Waals surface area contributed by atoms with Gasteiger partial charge in [-0.15, -0.1) is 11.3 Å². The molecule has 126 valence electrons. The van der Waals surface area contributed by atoms with Gasteiger partial charge in [0.15, 0.2) is 0 Å². The average molecular weight is 373 g/mol. The predicted octanol–water partition coefficient (Wildman–Crippen LogP) is 2.86. The van der Waals surface area contributed by atoms with Crippen molar-refractivity contribution in [2.75, 3.05) is 0 Å². The van der Waals surface area contributed by atoms with Crippen molar-refractivity contribution in [3.8, 4) is 10.6 Å². The Labute approximate surface area is 152 Å². The zero-order valence-corrected chi connectivity index (χ0v) is 14.5. The van der Waals surface area contributed by atoms with Crippen LogP contribution in [0.25, 0.3) is 10.6 Å². The number of amides is 2. The molecule has 0 aliphatic heterocycles. The van der Waals surface area contributed by atoms with Gasteiger partial charge in [0, 0.05) is 23.3 Å². The Bertz CT molecular complexity index is 898. The van der Waals surface area contributed by atoms with Gasteiger partial charge in [0.2, 0.25) is 5.91 Å². The zero-order valence-electron chi connectivity index (χ0n) is 12.9. The molecule has 0 saturated heterocycles. The fourth-order valence-electron chi connectivity index (χ4n) is 2.06. The maximum Gasteiger partial charge on any atom is 0.271 e. The highest BCUT2D eigenvalue weighted by Gasteiger charge is 2.12. The van der Waals surface area contributed by atoms with Crippen molar-refractivity contribution in [2.45, 2.75) is 6.42 Å². The van der Waals surface area contributed by atoms with E-state index in [2.05, 4.69) is 20.8 Å². The molecule has 0 aliphatic carbocycles. The lowest BCUT2D eigenvalue weighted by molar-refractivity contribution is -0.121. The van der Waals surface area contributed by atoms with Crippen LogP contribution in [0.15, 0.2) is 54.2 Å². The number of pyridine rings is 1. The average Bonchev–Trinajstić information content (AvgIpc) is 3.09. The molecule has 2 N–H and O–H groups in total. The number of carbonyl (C=O) groups excluding carboxylic acids is 2. The molecule has 6 nitrogen and oxygen atoms in total. The van der Waals surface area contributed by atoms with Gasteiger partial charge in [0.05, 0.1) is 22.7 Å². The Morgan fingerprint density at radius 1 is 1.12 bits per heavy atom. The maximum atomic E-state index is 12.0. The van der Waals surface area contributed by atoms with Crippen LogP contribution >= 0.6 is 22.9 Å². The number of hydrazine groups is 1. The van der Waals surface area contributed by atoms with Gasteiger partial charge in [-0.3, -0.25) is 25.4 Å².